The van der Waals surface area contributed by atoms with E-state index in [0.29, 0.717) is 0 Å². The minimum atomic E-state index is -3.87. The van der Waals surface area contributed by atoms with Crippen LogP contribution >= 0.6 is 0 Å². The zero-order valence-electron chi connectivity index (χ0n) is 7.60. The van der Waals surface area contributed by atoms with Gasteiger partial charge in [0.15, 0.2) is 0 Å². The molecule has 0 aliphatic rings. The zero-order chi connectivity index (χ0) is 10.8. The van der Waals surface area contributed by atoms with Gasteiger partial charge in [-0.15, -0.1) is 0 Å². The van der Waals surface area contributed by atoms with E-state index in [9.17, 15) is 8.42 Å². The lowest BCUT2D eigenvalue weighted by atomic mass is 10.2. The Morgan fingerprint density at radius 1 is 1.50 bits per heavy atom. The van der Waals surface area contributed by atoms with E-state index < -0.39 is 16.6 Å². The molecule has 1 aromatic carbocycles. The highest BCUT2D eigenvalue weighted by atomic mass is 32.2. The normalized spacial score (nSPS) is 11.4. The summed E-state index contributed by atoms with van der Waals surface area (Å²) in [5, 5.41) is 13.9. The highest BCUT2D eigenvalue weighted by molar-refractivity contribution is 7.89. The molecule has 78 valence electrons. The van der Waals surface area contributed by atoms with Gasteiger partial charge in [0, 0.05) is 5.56 Å². The molecule has 5 nitrogen and oxygen atoms in total. The molecule has 0 aliphatic carbocycles. The number of aliphatic hydroxyl groups excluding tert-OH is 1. The maximum absolute atomic E-state index is 11.2. The van der Waals surface area contributed by atoms with Gasteiger partial charge in [-0.25, -0.2) is 13.6 Å². The van der Waals surface area contributed by atoms with Crippen LogP contribution in [-0.4, -0.2) is 20.6 Å². The standard InChI is InChI=1S/C8H11NO4S/c1-13-7-4-2-3-6(5-10)8(7)14(9,11)12/h2-4,10H,5H2,1H3,(H2,9,11,12). The Labute approximate surface area is 82.2 Å². The molecule has 0 radical (unpaired) electrons. The molecule has 0 unspecified atom stereocenters. The first-order valence-corrected chi connectivity index (χ1v) is 5.35. The average molecular weight is 217 g/mol. The molecule has 0 heterocycles. The molecule has 3 N–H and O–H groups in total. The molecule has 0 aliphatic heterocycles. The molecule has 0 aromatic heterocycles. The van der Waals surface area contributed by atoms with Crippen molar-refractivity contribution >= 4 is 10.0 Å². The molecular formula is C8H11NO4S. The Balaban J connectivity index is 3.50. The smallest absolute Gasteiger partial charge is 0.242 e. The molecule has 0 saturated heterocycles. The number of primary sulfonamides is 1. The lowest BCUT2D eigenvalue weighted by molar-refractivity contribution is 0.276. The van der Waals surface area contributed by atoms with E-state index in [-0.39, 0.29) is 16.2 Å². The highest BCUT2D eigenvalue weighted by Gasteiger charge is 2.18. The average Bonchev–Trinajstić information content (AvgIpc) is 2.15. The van der Waals surface area contributed by atoms with Crippen LogP contribution in [0.3, 0.4) is 0 Å². The van der Waals surface area contributed by atoms with E-state index in [1.807, 2.05) is 0 Å². The number of sulfonamides is 1. The molecule has 14 heavy (non-hydrogen) atoms. The number of benzene rings is 1. The summed E-state index contributed by atoms with van der Waals surface area (Å²) in [6.45, 7) is -0.400. The van der Waals surface area contributed by atoms with Crippen molar-refractivity contribution in [1.29, 1.82) is 0 Å². The molecule has 0 fully saturated rings. The van der Waals surface area contributed by atoms with Crippen LogP contribution in [0.4, 0.5) is 0 Å². The minimum absolute atomic E-state index is 0.138. The molecular weight excluding hydrogens is 206 g/mol. The van der Waals surface area contributed by atoms with E-state index in [2.05, 4.69) is 0 Å². The molecule has 0 atom stereocenters. The molecule has 0 amide bonds. The number of rotatable bonds is 3. The summed E-state index contributed by atoms with van der Waals surface area (Å²) < 4.78 is 27.2. The Kier molecular flexibility index (Phi) is 3.10. The lowest BCUT2D eigenvalue weighted by Crippen LogP contribution is -2.15. The minimum Gasteiger partial charge on any atom is -0.495 e. The fourth-order valence-corrected chi connectivity index (χ4v) is 2.10. The molecule has 0 saturated carbocycles. The van der Waals surface area contributed by atoms with Crippen LogP contribution in [0, 0.1) is 0 Å². The van der Waals surface area contributed by atoms with Crippen molar-refractivity contribution in [1.82, 2.24) is 0 Å². The van der Waals surface area contributed by atoms with Crippen molar-refractivity contribution in [2.45, 2.75) is 11.5 Å². The van der Waals surface area contributed by atoms with E-state index in [1.165, 1.54) is 19.2 Å². The van der Waals surface area contributed by atoms with Crippen molar-refractivity contribution in [2.24, 2.45) is 5.14 Å². The first-order valence-electron chi connectivity index (χ1n) is 3.80. The van der Waals surface area contributed by atoms with Crippen molar-refractivity contribution < 1.29 is 18.3 Å². The molecule has 0 bridgehead atoms. The summed E-state index contributed by atoms with van der Waals surface area (Å²) >= 11 is 0. The summed E-state index contributed by atoms with van der Waals surface area (Å²) in [6, 6.07) is 4.53. The molecule has 1 rings (SSSR count). The van der Waals surface area contributed by atoms with Gasteiger partial charge in [-0.1, -0.05) is 12.1 Å². The second kappa shape index (κ2) is 3.95. The molecule has 1 aromatic rings. The Morgan fingerprint density at radius 3 is 2.57 bits per heavy atom. The fraction of sp³-hybridized carbons (Fsp3) is 0.250. The maximum Gasteiger partial charge on any atom is 0.242 e. The number of methoxy groups -OCH3 is 1. The van der Waals surface area contributed by atoms with Gasteiger partial charge in [0.25, 0.3) is 0 Å². The van der Waals surface area contributed by atoms with Crippen molar-refractivity contribution in [3.63, 3.8) is 0 Å². The molecule has 6 heteroatoms. The van der Waals surface area contributed by atoms with E-state index in [0.717, 1.165) is 0 Å². The van der Waals surface area contributed by atoms with Gasteiger partial charge >= 0.3 is 0 Å². The van der Waals surface area contributed by atoms with Crippen molar-refractivity contribution in [2.75, 3.05) is 7.11 Å². The van der Waals surface area contributed by atoms with Crippen LogP contribution < -0.4 is 9.88 Å². The van der Waals surface area contributed by atoms with Crippen molar-refractivity contribution in [3.05, 3.63) is 23.8 Å². The monoisotopic (exact) mass is 217 g/mol. The summed E-state index contributed by atoms with van der Waals surface area (Å²) in [7, 11) is -2.53. The summed E-state index contributed by atoms with van der Waals surface area (Å²) in [6.07, 6.45) is 0. The summed E-state index contributed by atoms with van der Waals surface area (Å²) in [5.74, 6) is 0.138. The van der Waals surface area contributed by atoms with Gasteiger partial charge in [0.05, 0.1) is 13.7 Å². The van der Waals surface area contributed by atoms with Crippen LogP contribution in [-0.2, 0) is 16.6 Å². The summed E-state index contributed by atoms with van der Waals surface area (Å²) in [5.41, 5.74) is 0.229. The first kappa shape index (κ1) is 11.0. The van der Waals surface area contributed by atoms with Gasteiger partial charge < -0.3 is 9.84 Å². The number of aliphatic hydroxyl groups is 1. The Bertz CT molecular complexity index is 405. The third kappa shape index (κ3) is 2.03. The maximum atomic E-state index is 11.2. The predicted octanol–water partition coefficient (Wildman–Crippen LogP) is -0.165. The van der Waals surface area contributed by atoms with Crippen LogP contribution in [0.5, 0.6) is 5.75 Å². The number of ether oxygens (including phenoxy) is 1. The van der Waals surface area contributed by atoms with E-state index in [4.69, 9.17) is 15.0 Å². The highest BCUT2D eigenvalue weighted by Crippen LogP contribution is 2.25. The van der Waals surface area contributed by atoms with Crippen LogP contribution in [0.15, 0.2) is 23.1 Å². The SMILES string of the molecule is COc1cccc(CO)c1S(N)(=O)=O. The van der Waals surface area contributed by atoms with Gasteiger partial charge in [0.1, 0.15) is 10.6 Å². The quantitative estimate of drug-likeness (QED) is 0.735. The summed E-state index contributed by atoms with van der Waals surface area (Å²) in [4.78, 5) is -0.162. The third-order valence-electron chi connectivity index (χ3n) is 1.74. The van der Waals surface area contributed by atoms with Gasteiger partial charge in [-0.05, 0) is 6.07 Å². The van der Waals surface area contributed by atoms with Crippen LogP contribution in [0.2, 0.25) is 0 Å². The van der Waals surface area contributed by atoms with E-state index in [1.54, 1.807) is 6.07 Å². The largest absolute Gasteiger partial charge is 0.495 e. The van der Waals surface area contributed by atoms with Gasteiger partial charge in [0.2, 0.25) is 10.0 Å². The fourth-order valence-electron chi connectivity index (χ4n) is 1.17. The first-order chi connectivity index (χ1) is 6.50. The number of hydrogen-bond donors (Lipinski definition) is 2. The number of hydrogen-bond acceptors (Lipinski definition) is 4. The Hall–Kier alpha value is -1.11. The van der Waals surface area contributed by atoms with Gasteiger partial charge in [-0.2, -0.15) is 0 Å². The zero-order valence-corrected chi connectivity index (χ0v) is 8.41. The predicted molar refractivity (Wildman–Crippen MR) is 50.3 cm³/mol. The third-order valence-corrected chi connectivity index (χ3v) is 2.77. The van der Waals surface area contributed by atoms with Crippen LogP contribution in [0.25, 0.3) is 0 Å². The van der Waals surface area contributed by atoms with Gasteiger partial charge in [-0.3, -0.25) is 0 Å². The second-order valence-electron chi connectivity index (χ2n) is 2.65. The second-order valence-corrected chi connectivity index (χ2v) is 4.15. The number of nitrogens with two attached hydrogens (primary N) is 1. The topological polar surface area (TPSA) is 89.6 Å². The van der Waals surface area contributed by atoms with Crippen molar-refractivity contribution in [3.8, 4) is 5.75 Å². The Morgan fingerprint density at radius 2 is 2.14 bits per heavy atom. The lowest BCUT2D eigenvalue weighted by Gasteiger charge is -2.09. The molecule has 0 spiro atoms. The van der Waals surface area contributed by atoms with E-state index >= 15 is 0 Å². The van der Waals surface area contributed by atoms with Crippen LogP contribution in [0.1, 0.15) is 5.56 Å².